The highest BCUT2D eigenvalue weighted by Gasteiger charge is 2.17. The second-order valence-electron chi connectivity index (χ2n) is 4.31. The molecule has 86 valence electrons. The van der Waals surface area contributed by atoms with Crippen molar-refractivity contribution in [3.63, 3.8) is 0 Å². The molecule has 0 bridgehead atoms. The molecule has 1 heterocycles. The van der Waals surface area contributed by atoms with Crippen molar-refractivity contribution in [1.29, 1.82) is 0 Å². The predicted molar refractivity (Wildman–Crippen MR) is 62.8 cm³/mol. The standard InChI is InChI=1S/C12H17N3O/c13-9-5-6-11(14-8-9)7-12(16)15-10-3-1-2-4-10/h5-6,8,10H,1-4,7,13H2,(H,15,16). The molecule has 4 heteroatoms. The summed E-state index contributed by atoms with van der Waals surface area (Å²) in [6.07, 6.45) is 6.60. The fourth-order valence-corrected chi connectivity index (χ4v) is 2.05. The number of hydrogen-bond donors (Lipinski definition) is 2. The molecule has 1 amide bonds. The van der Waals surface area contributed by atoms with E-state index in [0.717, 1.165) is 18.5 Å². The molecular weight excluding hydrogens is 202 g/mol. The Hall–Kier alpha value is -1.58. The van der Waals surface area contributed by atoms with Crippen LogP contribution >= 0.6 is 0 Å². The fraction of sp³-hybridized carbons (Fsp3) is 0.500. The Bertz CT molecular complexity index is 355. The van der Waals surface area contributed by atoms with Gasteiger partial charge in [-0.15, -0.1) is 0 Å². The van der Waals surface area contributed by atoms with E-state index >= 15 is 0 Å². The zero-order valence-corrected chi connectivity index (χ0v) is 9.28. The third-order valence-corrected chi connectivity index (χ3v) is 2.91. The number of carbonyl (C=O) groups excluding carboxylic acids is 1. The van der Waals surface area contributed by atoms with Gasteiger partial charge in [-0.05, 0) is 25.0 Å². The van der Waals surface area contributed by atoms with E-state index in [1.807, 2.05) is 0 Å². The maximum Gasteiger partial charge on any atom is 0.226 e. The SMILES string of the molecule is Nc1ccc(CC(=O)NC2CCCC2)nc1. The van der Waals surface area contributed by atoms with E-state index in [2.05, 4.69) is 10.3 Å². The second-order valence-corrected chi connectivity index (χ2v) is 4.31. The molecule has 1 saturated carbocycles. The number of aromatic nitrogens is 1. The predicted octanol–water partition coefficient (Wildman–Crippen LogP) is 1.27. The topological polar surface area (TPSA) is 68.0 Å². The van der Waals surface area contributed by atoms with Crippen molar-refractivity contribution >= 4 is 11.6 Å². The molecular formula is C12H17N3O. The molecule has 1 aliphatic rings. The van der Waals surface area contributed by atoms with Gasteiger partial charge in [0.15, 0.2) is 0 Å². The first-order chi connectivity index (χ1) is 7.74. The van der Waals surface area contributed by atoms with Crippen molar-refractivity contribution in [3.8, 4) is 0 Å². The van der Waals surface area contributed by atoms with Crippen LogP contribution in [0.1, 0.15) is 31.4 Å². The fourth-order valence-electron chi connectivity index (χ4n) is 2.05. The number of amides is 1. The van der Waals surface area contributed by atoms with Crippen LogP contribution in [0.15, 0.2) is 18.3 Å². The first-order valence-electron chi connectivity index (χ1n) is 5.74. The molecule has 1 fully saturated rings. The van der Waals surface area contributed by atoms with Crippen LogP contribution in [0.5, 0.6) is 0 Å². The van der Waals surface area contributed by atoms with Gasteiger partial charge in [0, 0.05) is 11.7 Å². The highest BCUT2D eigenvalue weighted by atomic mass is 16.1. The number of nitrogen functional groups attached to an aromatic ring is 1. The van der Waals surface area contributed by atoms with E-state index in [4.69, 9.17) is 5.73 Å². The Labute approximate surface area is 95.3 Å². The number of anilines is 1. The van der Waals surface area contributed by atoms with Crippen molar-refractivity contribution in [1.82, 2.24) is 10.3 Å². The van der Waals surface area contributed by atoms with E-state index < -0.39 is 0 Å². The van der Waals surface area contributed by atoms with Crippen molar-refractivity contribution < 1.29 is 4.79 Å². The Balaban J connectivity index is 1.84. The van der Waals surface area contributed by atoms with Crippen molar-refractivity contribution in [2.75, 3.05) is 5.73 Å². The molecule has 1 aromatic rings. The van der Waals surface area contributed by atoms with E-state index in [1.165, 1.54) is 12.8 Å². The largest absolute Gasteiger partial charge is 0.397 e. The van der Waals surface area contributed by atoms with Gasteiger partial charge in [0.25, 0.3) is 0 Å². The Morgan fingerprint density at radius 2 is 2.19 bits per heavy atom. The molecule has 1 aliphatic carbocycles. The number of nitrogens with two attached hydrogens (primary N) is 1. The summed E-state index contributed by atoms with van der Waals surface area (Å²) in [4.78, 5) is 15.8. The van der Waals surface area contributed by atoms with Gasteiger partial charge >= 0.3 is 0 Å². The lowest BCUT2D eigenvalue weighted by atomic mass is 10.2. The summed E-state index contributed by atoms with van der Waals surface area (Å²) in [5.74, 6) is 0.0594. The van der Waals surface area contributed by atoms with Crippen LogP contribution in [0.2, 0.25) is 0 Å². The molecule has 0 radical (unpaired) electrons. The van der Waals surface area contributed by atoms with Crippen LogP contribution in [-0.4, -0.2) is 16.9 Å². The summed E-state index contributed by atoms with van der Waals surface area (Å²) in [5.41, 5.74) is 6.92. The van der Waals surface area contributed by atoms with Gasteiger partial charge in [0.2, 0.25) is 5.91 Å². The molecule has 1 aromatic heterocycles. The monoisotopic (exact) mass is 219 g/mol. The molecule has 0 spiro atoms. The average molecular weight is 219 g/mol. The van der Waals surface area contributed by atoms with Gasteiger partial charge in [-0.3, -0.25) is 9.78 Å². The highest BCUT2D eigenvalue weighted by molar-refractivity contribution is 5.78. The lowest BCUT2D eigenvalue weighted by Gasteiger charge is -2.11. The highest BCUT2D eigenvalue weighted by Crippen LogP contribution is 2.17. The third-order valence-electron chi connectivity index (χ3n) is 2.91. The van der Waals surface area contributed by atoms with Crippen LogP contribution in [-0.2, 0) is 11.2 Å². The first kappa shape index (κ1) is 10.9. The van der Waals surface area contributed by atoms with E-state index in [1.54, 1.807) is 18.3 Å². The summed E-state index contributed by atoms with van der Waals surface area (Å²) in [6.45, 7) is 0. The van der Waals surface area contributed by atoms with Crippen LogP contribution in [0.25, 0.3) is 0 Å². The van der Waals surface area contributed by atoms with Crippen molar-refractivity contribution in [2.24, 2.45) is 0 Å². The summed E-state index contributed by atoms with van der Waals surface area (Å²) < 4.78 is 0. The summed E-state index contributed by atoms with van der Waals surface area (Å²) >= 11 is 0. The van der Waals surface area contributed by atoms with Gasteiger partial charge in [0.05, 0.1) is 18.3 Å². The summed E-state index contributed by atoms with van der Waals surface area (Å²) in [7, 11) is 0. The first-order valence-corrected chi connectivity index (χ1v) is 5.74. The smallest absolute Gasteiger partial charge is 0.226 e. The van der Waals surface area contributed by atoms with E-state index in [9.17, 15) is 4.79 Å². The maximum absolute atomic E-state index is 11.7. The van der Waals surface area contributed by atoms with Gasteiger partial charge in [0.1, 0.15) is 0 Å². The zero-order valence-electron chi connectivity index (χ0n) is 9.28. The second kappa shape index (κ2) is 4.96. The molecule has 0 saturated heterocycles. The van der Waals surface area contributed by atoms with Gasteiger partial charge < -0.3 is 11.1 Å². The molecule has 0 aliphatic heterocycles. The molecule has 4 nitrogen and oxygen atoms in total. The number of pyridine rings is 1. The van der Waals surface area contributed by atoms with Crippen molar-refractivity contribution in [3.05, 3.63) is 24.0 Å². The number of nitrogens with zero attached hydrogens (tertiary/aromatic N) is 1. The molecule has 0 atom stereocenters. The maximum atomic E-state index is 11.7. The molecule has 2 rings (SSSR count). The number of hydrogen-bond acceptors (Lipinski definition) is 3. The van der Waals surface area contributed by atoms with Gasteiger partial charge in [-0.25, -0.2) is 0 Å². The van der Waals surface area contributed by atoms with Gasteiger partial charge in [-0.2, -0.15) is 0 Å². The normalized spacial score (nSPS) is 16.2. The Morgan fingerprint density at radius 1 is 1.44 bits per heavy atom. The van der Waals surface area contributed by atoms with Crippen LogP contribution in [0.3, 0.4) is 0 Å². The quantitative estimate of drug-likeness (QED) is 0.804. The third kappa shape index (κ3) is 2.95. The Kier molecular flexibility index (Phi) is 3.39. The summed E-state index contributed by atoms with van der Waals surface area (Å²) in [6, 6.07) is 3.94. The lowest BCUT2D eigenvalue weighted by molar-refractivity contribution is -0.121. The number of carbonyl (C=O) groups is 1. The zero-order chi connectivity index (χ0) is 11.4. The van der Waals surface area contributed by atoms with Crippen LogP contribution < -0.4 is 11.1 Å². The lowest BCUT2D eigenvalue weighted by Crippen LogP contribution is -2.33. The molecule has 3 N–H and O–H groups in total. The molecule has 16 heavy (non-hydrogen) atoms. The van der Waals surface area contributed by atoms with Crippen LogP contribution in [0, 0.1) is 0 Å². The minimum Gasteiger partial charge on any atom is -0.397 e. The Morgan fingerprint density at radius 3 is 2.81 bits per heavy atom. The molecule has 0 aromatic carbocycles. The summed E-state index contributed by atoms with van der Waals surface area (Å²) in [5, 5.41) is 3.03. The van der Waals surface area contributed by atoms with E-state index in [-0.39, 0.29) is 5.91 Å². The van der Waals surface area contributed by atoms with E-state index in [0.29, 0.717) is 18.2 Å². The number of nitrogens with one attached hydrogen (secondary N) is 1. The average Bonchev–Trinajstić information content (AvgIpc) is 2.74. The molecule has 0 unspecified atom stereocenters. The minimum atomic E-state index is 0.0594. The minimum absolute atomic E-state index is 0.0594. The van der Waals surface area contributed by atoms with Gasteiger partial charge in [-0.1, -0.05) is 12.8 Å². The van der Waals surface area contributed by atoms with Crippen molar-refractivity contribution in [2.45, 2.75) is 38.1 Å². The number of rotatable bonds is 3. The van der Waals surface area contributed by atoms with Crippen LogP contribution in [0.4, 0.5) is 5.69 Å².